The fraction of sp³-hybridized carbons (Fsp3) is 0.510. The van der Waals surface area contributed by atoms with Gasteiger partial charge in [-0.2, -0.15) is 23.1 Å². The van der Waals surface area contributed by atoms with Crippen molar-refractivity contribution in [1.29, 1.82) is 0 Å². The summed E-state index contributed by atoms with van der Waals surface area (Å²) >= 11 is 0. The molecule has 0 N–H and O–H groups in total. The molecule has 0 spiro atoms. The lowest BCUT2D eigenvalue weighted by atomic mass is 9.95. The van der Waals surface area contributed by atoms with Crippen LogP contribution in [0.25, 0.3) is 22.2 Å². The molecule has 20 heteroatoms. The Hall–Kier alpha value is -6.31. The van der Waals surface area contributed by atoms with Gasteiger partial charge in [0.1, 0.15) is 58.4 Å². The van der Waals surface area contributed by atoms with Crippen LogP contribution in [0.2, 0.25) is 0 Å². The van der Waals surface area contributed by atoms with Crippen LogP contribution in [-0.4, -0.2) is 118 Å². The molecule has 0 radical (unpaired) electrons. The van der Waals surface area contributed by atoms with Crippen molar-refractivity contribution in [2.24, 2.45) is 0 Å². The number of methoxy groups -OCH3 is 2. The molecule has 5 aromatic rings. The Morgan fingerprint density at radius 3 is 2.18 bits per heavy atom. The summed E-state index contributed by atoms with van der Waals surface area (Å²) in [4.78, 5) is 39.1. The van der Waals surface area contributed by atoms with Crippen molar-refractivity contribution in [3.63, 3.8) is 0 Å². The Morgan fingerprint density at radius 2 is 1.56 bits per heavy atom. The molecular formula is C51H56F6N8O6. The van der Waals surface area contributed by atoms with Crippen LogP contribution in [-0.2, 0) is 24.0 Å². The van der Waals surface area contributed by atoms with Crippen molar-refractivity contribution in [3.05, 3.63) is 82.5 Å². The van der Waals surface area contributed by atoms with E-state index in [0.29, 0.717) is 48.4 Å². The number of pyridine rings is 2. The molecule has 5 aliphatic rings. The summed E-state index contributed by atoms with van der Waals surface area (Å²) in [6.07, 6.45) is -4.89. The number of carbonyl (C=O) groups is 1. The summed E-state index contributed by atoms with van der Waals surface area (Å²) < 4.78 is 127. The molecule has 378 valence electrons. The topological polar surface area (TPSA) is 128 Å². The van der Waals surface area contributed by atoms with E-state index in [0.717, 1.165) is 13.3 Å². The summed E-state index contributed by atoms with van der Waals surface area (Å²) in [7, 11) is 3.02. The standard InChI is InChI=1S/C51H56F6N8O6/c1-27-38(51(55,56)57)36(39(53)45(58-27)62(22-29-9-14-33(67-6)15-10-29)23-30-11-16-34(68-7)17-12-30)41-40(54)42-37-44(61-47(60-42)69-26-50-19-8-20-63(50)24-31(52)21-50)64-25-32-13-18-35(43(64)28(2)70-46(37)59-41)65(32)48(66)71-49(3,4)5/h9-12,14-17,28,31-32,35,43H,8,13,18-26H2,1-7H3/t28-,31+,32+,35-,43+,50-/m0/s1. The minimum Gasteiger partial charge on any atom is -0.497 e. The van der Waals surface area contributed by atoms with Crippen molar-refractivity contribution in [3.8, 4) is 34.6 Å². The van der Waals surface area contributed by atoms with Crippen LogP contribution < -0.4 is 28.7 Å². The second-order valence-electron chi connectivity index (χ2n) is 20.3. The van der Waals surface area contributed by atoms with Gasteiger partial charge in [0.25, 0.3) is 0 Å². The van der Waals surface area contributed by atoms with Crippen molar-refractivity contribution in [2.75, 3.05) is 50.3 Å². The number of halogens is 6. The number of piperazine rings is 1. The molecule has 71 heavy (non-hydrogen) atoms. The zero-order valence-corrected chi connectivity index (χ0v) is 40.6. The van der Waals surface area contributed by atoms with Gasteiger partial charge in [-0.25, -0.2) is 27.9 Å². The van der Waals surface area contributed by atoms with Crippen molar-refractivity contribution >= 4 is 28.6 Å². The van der Waals surface area contributed by atoms with Crippen molar-refractivity contribution in [1.82, 2.24) is 29.7 Å². The summed E-state index contributed by atoms with van der Waals surface area (Å²) in [6.45, 7) is 9.12. The molecule has 0 aliphatic carbocycles. The van der Waals surface area contributed by atoms with E-state index in [1.54, 1.807) is 81.1 Å². The lowest BCUT2D eigenvalue weighted by molar-refractivity contribution is -0.138. The third-order valence-electron chi connectivity index (χ3n) is 14.5. The van der Waals surface area contributed by atoms with E-state index in [9.17, 15) is 9.18 Å². The Morgan fingerprint density at radius 1 is 0.901 bits per heavy atom. The number of hydrogen-bond donors (Lipinski definition) is 0. The van der Waals surface area contributed by atoms with Gasteiger partial charge >= 0.3 is 18.3 Å². The first-order valence-electron chi connectivity index (χ1n) is 23.9. The molecule has 5 aliphatic heterocycles. The van der Waals surface area contributed by atoms with E-state index >= 15 is 22.0 Å². The molecule has 2 aromatic carbocycles. The van der Waals surface area contributed by atoms with Gasteiger partial charge in [-0.05, 0) is 102 Å². The van der Waals surface area contributed by atoms with Gasteiger partial charge in [-0.15, -0.1) is 0 Å². The maximum atomic E-state index is 18.1. The van der Waals surface area contributed by atoms with Crippen LogP contribution in [0.5, 0.6) is 23.4 Å². The number of aromatic nitrogens is 4. The average Bonchev–Trinajstić information content (AvgIpc) is 3.93. The molecule has 0 unspecified atom stereocenters. The normalized spacial score (nSPS) is 23.8. The number of benzene rings is 2. The van der Waals surface area contributed by atoms with Gasteiger partial charge in [0.05, 0.1) is 54.7 Å². The summed E-state index contributed by atoms with van der Waals surface area (Å²) in [5.74, 6) is -2.48. The van der Waals surface area contributed by atoms with Gasteiger partial charge in [0.2, 0.25) is 5.88 Å². The SMILES string of the molecule is COc1ccc(CN(Cc2ccc(OC)cc2)c2nc(C)c(C(F)(F)F)c(-c3nc4c5c(nc(OC[C@@]67CCCN6C[C@H](F)C7)nc5c3F)N3C[C@H]5CC[C@@H]([C@H]3[C@H](C)O4)N5C(=O)OC(C)(C)C)c2F)cc1. The Balaban J connectivity index is 1.15. The largest absolute Gasteiger partial charge is 0.497 e. The lowest BCUT2D eigenvalue weighted by Gasteiger charge is -2.48. The highest BCUT2D eigenvalue weighted by molar-refractivity contribution is 5.98. The number of anilines is 2. The maximum Gasteiger partial charge on any atom is 0.418 e. The van der Waals surface area contributed by atoms with Gasteiger partial charge in [0.15, 0.2) is 17.5 Å². The zero-order valence-electron chi connectivity index (χ0n) is 40.6. The molecule has 6 atom stereocenters. The van der Waals surface area contributed by atoms with Crippen LogP contribution >= 0.6 is 0 Å². The molecule has 2 bridgehead atoms. The van der Waals surface area contributed by atoms with E-state index in [2.05, 4.69) is 15.0 Å². The first-order valence-corrected chi connectivity index (χ1v) is 23.9. The smallest absolute Gasteiger partial charge is 0.418 e. The molecule has 8 heterocycles. The second kappa shape index (κ2) is 18.1. The zero-order chi connectivity index (χ0) is 50.3. The van der Waals surface area contributed by atoms with Gasteiger partial charge in [0, 0.05) is 32.6 Å². The lowest BCUT2D eigenvalue weighted by Crippen LogP contribution is -2.65. The highest BCUT2D eigenvalue weighted by Crippen LogP contribution is 2.50. The number of amides is 1. The number of nitrogens with zero attached hydrogens (tertiary/aromatic N) is 8. The monoisotopic (exact) mass is 990 g/mol. The highest BCUT2D eigenvalue weighted by atomic mass is 19.4. The third kappa shape index (κ3) is 8.83. The van der Waals surface area contributed by atoms with Crippen LogP contribution in [0.4, 0.5) is 42.8 Å². The third-order valence-corrected chi connectivity index (χ3v) is 14.5. The number of alkyl halides is 4. The molecule has 0 saturated carbocycles. The van der Waals surface area contributed by atoms with Crippen LogP contribution in [0.1, 0.15) is 82.2 Å². The minimum absolute atomic E-state index is 0.0389. The van der Waals surface area contributed by atoms with Crippen molar-refractivity contribution < 1.29 is 54.8 Å². The van der Waals surface area contributed by atoms with E-state index in [4.69, 9.17) is 28.7 Å². The highest BCUT2D eigenvalue weighted by Gasteiger charge is 2.55. The minimum atomic E-state index is -5.26. The molecule has 4 fully saturated rings. The number of ether oxygens (including phenoxy) is 5. The molecule has 4 saturated heterocycles. The molecule has 10 rings (SSSR count). The van der Waals surface area contributed by atoms with Gasteiger partial charge < -0.3 is 33.5 Å². The van der Waals surface area contributed by atoms with Gasteiger partial charge in [-0.3, -0.25) is 9.80 Å². The van der Waals surface area contributed by atoms with Crippen molar-refractivity contribution in [2.45, 2.75) is 128 Å². The average molecular weight is 991 g/mol. The quantitative estimate of drug-likeness (QED) is 0.117. The predicted molar refractivity (Wildman–Crippen MR) is 251 cm³/mol. The van der Waals surface area contributed by atoms with E-state index in [1.165, 1.54) is 19.1 Å². The van der Waals surface area contributed by atoms with Crippen LogP contribution in [0, 0.1) is 18.6 Å². The summed E-state index contributed by atoms with van der Waals surface area (Å²) in [5.41, 5.74) is -5.09. The first-order chi connectivity index (χ1) is 33.8. The van der Waals surface area contributed by atoms with Crippen LogP contribution in [0.15, 0.2) is 48.5 Å². The Bertz CT molecular complexity index is 2800. The fourth-order valence-corrected chi connectivity index (χ4v) is 11.4. The molecule has 1 amide bonds. The molecule has 3 aromatic heterocycles. The van der Waals surface area contributed by atoms with E-state index < -0.39 is 93.3 Å². The molecule has 14 nitrogen and oxygen atoms in total. The maximum absolute atomic E-state index is 18.1. The van der Waals surface area contributed by atoms with Crippen LogP contribution in [0.3, 0.4) is 0 Å². The number of aryl methyl sites for hydroxylation is 1. The molecular weight excluding hydrogens is 935 g/mol. The Kier molecular flexibility index (Phi) is 12.3. The van der Waals surface area contributed by atoms with E-state index in [-0.39, 0.29) is 68.3 Å². The summed E-state index contributed by atoms with van der Waals surface area (Å²) in [6, 6.07) is 11.9. The van der Waals surface area contributed by atoms with Gasteiger partial charge in [-0.1, -0.05) is 24.3 Å². The Labute approximate surface area is 407 Å². The summed E-state index contributed by atoms with van der Waals surface area (Å²) in [5, 5.41) is -0.0657. The number of rotatable bonds is 11. The second-order valence-corrected chi connectivity index (χ2v) is 20.3. The number of fused-ring (bicyclic) bond motifs is 6. The van der Waals surface area contributed by atoms with E-state index in [1.807, 2.05) is 9.80 Å². The fourth-order valence-electron chi connectivity index (χ4n) is 11.4. The predicted octanol–water partition coefficient (Wildman–Crippen LogP) is 9.61. The first kappa shape index (κ1) is 48.3. The number of carbonyl (C=O) groups excluding carboxylic acids is 1. The number of hydrogen-bond acceptors (Lipinski definition) is 13.